The Bertz CT molecular complexity index is 613. The van der Waals surface area contributed by atoms with Crippen molar-refractivity contribution in [3.63, 3.8) is 0 Å². The maximum atomic E-state index is 14.1. The lowest BCUT2D eigenvalue weighted by Gasteiger charge is -2.20. The Labute approximate surface area is 133 Å². The summed E-state index contributed by atoms with van der Waals surface area (Å²) in [5, 5.41) is 4.11. The highest BCUT2D eigenvalue weighted by atomic mass is 35.5. The van der Waals surface area contributed by atoms with Gasteiger partial charge in [-0.3, -0.25) is 0 Å². The molecule has 1 atom stereocenters. The van der Waals surface area contributed by atoms with Crippen LogP contribution in [0.5, 0.6) is 5.75 Å². The van der Waals surface area contributed by atoms with Gasteiger partial charge in [0, 0.05) is 21.7 Å². The molecule has 21 heavy (non-hydrogen) atoms. The van der Waals surface area contributed by atoms with Crippen molar-refractivity contribution in [3.05, 3.63) is 63.4 Å². The van der Waals surface area contributed by atoms with Crippen LogP contribution in [0, 0.1) is 5.82 Å². The third kappa shape index (κ3) is 3.67. The second-order valence-corrected chi connectivity index (χ2v) is 5.48. The molecule has 0 aliphatic rings. The number of rotatable bonds is 5. The number of hydrogen-bond acceptors (Lipinski definition) is 2. The summed E-state index contributed by atoms with van der Waals surface area (Å²) >= 11 is 12.2. The molecular weight excluding hydrogens is 312 g/mol. The number of ether oxygens (including phenoxy) is 1. The Kier molecular flexibility index (Phi) is 5.45. The monoisotopic (exact) mass is 327 g/mol. The SMILES string of the molecule is CNC(Cc1cc(Cl)ccc1OC)c1c(F)cccc1Cl. The normalized spacial score (nSPS) is 12.2. The highest BCUT2D eigenvalue weighted by Crippen LogP contribution is 2.31. The van der Waals surface area contributed by atoms with Gasteiger partial charge in [0.25, 0.3) is 0 Å². The van der Waals surface area contributed by atoms with Crippen molar-refractivity contribution in [2.24, 2.45) is 0 Å². The van der Waals surface area contributed by atoms with E-state index in [1.807, 2.05) is 6.07 Å². The summed E-state index contributed by atoms with van der Waals surface area (Å²) in [6.45, 7) is 0. The van der Waals surface area contributed by atoms with Crippen LogP contribution in [0.15, 0.2) is 36.4 Å². The minimum Gasteiger partial charge on any atom is -0.496 e. The Balaban J connectivity index is 2.38. The Morgan fingerprint density at radius 2 is 2.00 bits per heavy atom. The third-order valence-corrected chi connectivity index (χ3v) is 3.93. The molecule has 0 amide bonds. The van der Waals surface area contributed by atoms with E-state index in [1.54, 1.807) is 38.4 Å². The van der Waals surface area contributed by atoms with Crippen LogP contribution in [0.3, 0.4) is 0 Å². The van der Waals surface area contributed by atoms with Crippen molar-refractivity contribution in [2.45, 2.75) is 12.5 Å². The fraction of sp³-hybridized carbons (Fsp3) is 0.250. The van der Waals surface area contributed by atoms with E-state index in [4.69, 9.17) is 27.9 Å². The Hall–Kier alpha value is -1.29. The van der Waals surface area contributed by atoms with E-state index < -0.39 is 0 Å². The van der Waals surface area contributed by atoms with Crippen LogP contribution in [0.4, 0.5) is 4.39 Å². The first-order valence-corrected chi connectivity index (χ1v) is 7.26. The zero-order chi connectivity index (χ0) is 15.4. The van der Waals surface area contributed by atoms with Gasteiger partial charge in [-0.05, 0) is 49.4 Å². The molecule has 2 nitrogen and oxygen atoms in total. The number of likely N-dealkylation sites (N-methyl/N-ethyl adjacent to an activating group) is 1. The summed E-state index contributed by atoms with van der Waals surface area (Å²) in [5.74, 6) is 0.384. The molecule has 112 valence electrons. The summed E-state index contributed by atoms with van der Waals surface area (Å²) in [4.78, 5) is 0. The summed E-state index contributed by atoms with van der Waals surface area (Å²) in [6.07, 6.45) is 0.515. The summed E-state index contributed by atoms with van der Waals surface area (Å²) < 4.78 is 19.4. The van der Waals surface area contributed by atoms with E-state index in [-0.39, 0.29) is 11.9 Å². The van der Waals surface area contributed by atoms with Crippen molar-refractivity contribution in [3.8, 4) is 5.75 Å². The molecule has 2 aromatic carbocycles. The largest absolute Gasteiger partial charge is 0.496 e. The van der Waals surface area contributed by atoms with Crippen molar-refractivity contribution >= 4 is 23.2 Å². The van der Waals surface area contributed by atoms with Gasteiger partial charge in [-0.1, -0.05) is 29.3 Å². The van der Waals surface area contributed by atoms with Crippen molar-refractivity contribution in [1.82, 2.24) is 5.32 Å². The summed E-state index contributed by atoms with van der Waals surface area (Å²) in [7, 11) is 3.36. The first kappa shape index (κ1) is 16.1. The van der Waals surface area contributed by atoms with Gasteiger partial charge in [0.05, 0.1) is 7.11 Å². The molecule has 0 aliphatic carbocycles. The number of methoxy groups -OCH3 is 1. The second-order valence-electron chi connectivity index (χ2n) is 4.64. The molecule has 0 heterocycles. The second kappa shape index (κ2) is 7.12. The van der Waals surface area contributed by atoms with Crippen LogP contribution >= 0.6 is 23.2 Å². The van der Waals surface area contributed by atoms with E-state index in [0.29, 0.717) is 27.8 Å². The minimum atomic E-state index is -0.331. The Morgan fingerprint density at radius 1 is 1.24 bits per heavy atom. The third-order valence-electron chi connectivity index (χ3n) is 3.36. The molecule has 2 aromatic rings. The molecule has 0 fully saturated rings. The number of halogens is 3. The lowest BCUT2D eigenvalue weighted by atomic mass is 9.98. The van der Waals surface area contributed by atoms with Gasteiger partial charge in [-0.15, -0.1) is 0 Å². The van der Waals surface area contributed by atoms with Gasteiger partial charge in [0.15, 0.2) is 0 Å². The number of benzene rings is 2. The maximum Gasteiger partial charge on any atom is 0.129 e. The maximum absolute atomic E-state index is 14.1. The lowest BCUT2D eigenvalue weighted by Crippen LogP contribution is -2.21. The van der Waals surface area contributed by atoms with Gasteiger partial charge >= 0.3 is 0 Å². The highest BCUT2D eigenvalue weighted by Gasteiger charge is 2.19. The smallest absolute Gasteiger partial charge is 0.129 e. The average Bonchev–Trinajstić information content (AvgIpc) is 2.46. The summed E-state index contributed by atoms with van der Waals surface area (Å²) in [5.41, 5.74) is 1.34. The molecule has 2 rings (SSSR count). The van der Waals surface area contributed by atoms with Gasteiger partial charge in [0.1, 0.15) is 11.6 Å². The first-order chi connectivity index (χ1) is 10.1. The van der Waals surface area contributed by atoms with Crippen LogP contribution in [-0.4, -0.2) is 14.2 Å². The molecule has 5 heteroatoms. The van der Waals surface area contributed by atoms with Crippen LogP contribution in [0.1, 0.15) is 17.2 Å². The lowest BCUT2D eigenvalue weighted by molar-refractivity contribution is 0.406. The minimum absolute atomic E-state index is 0.272. The van der Waals surface area contributed by atoms with Gasteiger partial charge in [-0.2, -0.15) is 0 Å². The fourth-order valence-electron chi connectivity index (χ4n) is 2.32. The van der Waals surface area contributed by atoms with Crippen LogP contribution < -0.4 is 10.1 Å². The van der Waals surface area contributed by atoms with Gasteiger partial charge in [-0.25, -0.2) is 4.39 Å². The molecule has 0 spiro atoms. The molecule has 1 N–H and O–H groups in total. The number of nitrogens with one attached hydrogen (secondary N) is 1. The van der Waals surface area contributed by atoms with E-state index in [2.05, 4.69) is 5.32 Å². The Morgan fingerprint density at radius 3 is 2.62 bits per heavy atom. The predicted octanol–water partition coefficient (Wildman–Crippen LogP) is 4.64. The first-order valence-electron chi connectivity index (χ1n) is 6.50. The average molecular weight is 328 g/mol. The van der Waals surface area contributed by atoms with Crippen molar-refractivity contribution in [2.75, 3.05) is 14.2 Å². The molecule has 1 unspecified atom stereocenters. The predicted molar refractivity (Wildman–Crippen MR) is 84.9 cm³/mol. The van der Waals surface area contributed by atoms with E-state index in [0.717, 1.165) is 5.56 Å². The molecule has 0 aliphatic heterocycles. The topological polar surface area (TPSA) is 21.3 Å². The van der Waals surface area contributed by atoms with Crippen LogP contribution in [0.2, 0.25) is 10.0 Å². The molecule has 0 saturated heterocycles. The molecule has 0 aromatic heterocycles. The quantitative estimate of drug-likeness (QED) is 0.863. The molecule has 0 radical (unpaired) electrons. The van der Waals surface area contributed by atoms with Gasteiger partial charge < -0.3 is 10.1 Å². The van der Waals surface area contributed by atoms with Crippen molar-refractivity contribution in [1.29, 1.82) is 0 Å². The van der Waals surface area contributed by atoms with Crippen LogP contribution in [0.25, 0.3) is 0 Å². The van der Waals surface area contributed by atoms with Crippen LogP contribution in [-0.2, 0) is 6.42 Å². The zero-order valence-electron chi connectivity index (χ0n) is 11.8. The molecule has 0 saturated carbocycles. The summed E-state index contributed by atoms with van der Waals surface area (Å²) in [6, 6.07) is 9.78. The number of hydrogen-bond donors (Lipinski definition) is 1. The molecular formula is C16H16Cl2FNO. The molecule has 0 bridgehead atoms. The van der Waals surface area contributed by atoms with Gasteiger partial charge in [0.2, 0.25) is 0 Å². The van der Waals surface area contributed by atoms with E-state index in [9.17, 15) is 4.39 Å². The fourth-order valence-corrected chi connectivity index (χ4v) is 2.81. The standard InChI is InChI=1S/C16H16Cl2FNO/c1-20-14(16-12(18)4-3-5-13(16)19)9-10-8-11(17)6-7-15(10)21-2/h3-8,14,20H,9H2,1-2H3. The van der Waals surface area contributed by atoms with Crippen molar-refractivity contribution < 1.29 is 9.13 Å². The van der Waals surface area contributed by atoms with E-state index in [1.165, 1.54) is 6.07 Å². The highest BCUT2D eigenvalue weighted by molar-refractivity contribution is 6.31. The zero-order valence-corrected chi connectivity index (χ0v) is 13.3. The van der Waals surface area contributed by atoms with E-state index >= 15 is 0 Å².